The van der Waals surface area contributed by atoms with E-state index in [2.05, 4.69) is 20.5 Å². The summed E-state index contributed by atoms with van der Waals surface area (Å²) in [6, 6.07) is 7.41. The number of anilines is 1. The zero-order valence-electron chi connectivity index (χ0n) is 10.6. The van der Waals surface area contributed by atoms with Crippen LogP contribution >= 0.6 is 11.3 Å². The molecule has 1 amide bonds. The van der Waals surface area contributed by atoms with Crippen LogP contribution in [0.25, 0.3) is 5.69 Å². The third kappa shape index (κ3) is 2.57. The standard InChI is InChI=1S/C13H11N5OS/c1-9-16-12(6-20-9)13(19)17-10-2-4-11(5-3-10)18-7-14-15-8-18/h2-8H,1H3,(H,17,19). The molecule has 1 N–H and O–H groups in total. The summed E-state index contributed by atoms with van der Waals surface area (Å²) in [5, 5.41) is 12.9. The Labute approximate surface area is 119 Å². The van der Waals surface area contributed by atoms with Gasteiger partial charge in [-0.25, -0.2) is 4.98 Å². The van der Waals surface area contributed by atoms with Crippen LogP contribution in [0.5, 0.6) is 0 Å². The summed E-state index contributed by atoms with van der Waals surface area (Å²) in [6.07, 6.45) is 3.23. The van der Waals surface area contributed by atoms with Crippen molar-refractivity contribution >= 4 is 22.9 Å². The maximum Gasteiger partial charge on any atom is 0.275 e. The van der Waals surface area contributed by atoms with E-state index in [0.717, 1.165) is 16.4 Å². The van der Waals surface area contributed by atoms with Gasteiger partial charge in [-0.15, -0.1) is 21.5 Å². The molecule has 1 aromatic carbocycles. The Balaban J connectivity index is 1.74. The zero-order valence-corrected chi connectivity index (χ0v) is 11.5. The van der Waals surface area contributed by atoms with Crippen LogP contribution in [0.3, 0.4) is 0 Å². The molecule has 3 aromatic rings. The molecule has 0 saturated carbocycles. The number of amides is 1. The van der Waals surface area contributed by atoms with Crippen molar-refractivity contribution in [2.24, 2.45) is 0 Å². The Hall–Kier alpha value is -2.54. The maximum absolute atomic E-state index is 11.9. The smallest absolute Gasteiger partial charge is 0.275 e. The van der Waals surface area contributed by atoms with Crippen LogP contribution in [0.4, 0.5) is 5.69 Å². The lowest BCUT2D eigenvalue weighted by Crippen LogP contribution is -2.12. The van der Waals surface area contributed by atoms with Gasteiger partial charge in [0, 0.05) is 16.8 Å². The molecule has 6 nitrogen and oxygen atoms in total. The van der Waals surface area contributed by atoms with Gasteiger partial charge in [-0.3, -0.25) is 9.36 Å². The molecule has 20 heavy (non-hydrogen) atoms. The molecule has 0 aliphatic rings. The number of carbonyl (C=O) groups is 1. The number of hydrogen-bond donors (Lipinski definition) is 1. The lowest BCUT2D eigenvalue weighted by Gasteiger charge is -2.05. The molecule has 0 spiro atoms. The van der Waals surface area contributed by atoms with Gasteiger partial charge in [0.05, 0.1) is 5.01 Å². The minimum absolute atomic E-state index is 0.202. The predicted octanol–water partition coefficient (Wildman–Crippen LogP) is 2.28. The van der Waals surface area contributed by atoms with Crippen LogP contribution in [-0.4, -0.2) is 25.7 Å². The van der Waals surface area contributed by atoms with E-state index in [1.807, 2.05) is 31.2 Å². The third-order valence-corrected chi connectivity index (χ3v) is 3.47. The van der Waals surface area contributed by atoms with E-state index < -0.39 is 0 Å². The zero-order chi connectivity index (χ0) is 13.9. The number of benzene rings is 1. The fraction of sp³-hybridized carbons (Fsp3) is 0.0769. The van der Waals surface area contributed by atoms with Gasteiger partial charge in [-0.05, 0) is 31.2 Å². The highest BCUT2D eigenvalue weighted by molar-refractivity contribution is 7.09. The number of thiazole rings is 1. The number of rotatable bonds is 3. The van der Waals surface area contributed by atoms with Crippen LogP contribution in [-0.2, 0) is 0 Å². The second-order valence-corrected chi connectivity index (χ2v) is 5.18. The number of aromatic nitrogens is 4. The van der Waals surface area contributed by atoms with Gasteiger partial charge < -0.3 is 5.32 Å². The van der Waals surface area contributed by atoms with Crippen molar-refractivity contribution in [2.75, 3.05) is 5.32 Å². The van der Waals surface area contributed by atoms with E-state index in [0.29, 0.717) is 5.69 Å². The average molecular weight is 285 g/mol. The number of hydrogen-bond acceptors (Lipinski definition) is 5. The summed E-state index contributed by atoms with van der Waals surface area (Å²) in [5.74, 6) is -0.202. The van der Waals surface area contributed by atoms with E-state index in [4.69, 9.17) is 0 Å². The van der Waals surface area contributed by atoms with Crippen LogP contribution in [0.15, 0.2) is 42.3 Å². The van der Waals surface area contributed by atoms with E-state index in [-0.39, 0.29) is 5.91 Å². The fourth-order valence-electron chi connectivity index (χ4n) is 1.71. The highest BCUT2D eigenvalue weighted by Crippen LogP contribution is 2.15. The Bertz CT molecular complexity index is 718. The largest absolute Gasteiger partial charge is 0.321 e. The molecule has 0 fully saturated rings. The van der Waals surface area contributed by atoms with Crippen LogP contribution in [0.2, 0.25) is 0 Å². The Kier molecular flexibility index (Phi) is 3.26. The predicted molar refractivity (Wildman–Crippen MR) is 76.2 cm³/mol. The quantitative estimate of drug-likeness (QED) is 0.801. The molecule has 0 unspecified atom stereocenters. The Morgan fingerprint density at radius 3 is 2.50 bits per heavy atom. The number of nitrogens with one attached hydrogen (secondary N) is 1. The lowest BCUT2D eigenvalue weighted by molar-refractivity contribution is 0.102. The molecule has 0 atom stereocenters. The SMILES string of the molecule is Cc1nc(C(=O)Nc2ccc(-n3cnnc3)cc2)cs1. The topological polar surface area (TPSA) is 72.7 Å². The van der Waals surface area contributed by atoms with Gasteiger partial charge in [0.1, 0.15) is 18.3 Å². The number of nitrogens with zero attached hydrogens (tertiary/aromatic N) is 4. The lowest BCUT2D eigenvalue weighted by atomic mass is 10.2. The molecule has 3 rings (SSSR count). The number of carbonyl (C=O) groups excluding carboxylic acids is 1. The fourth-order valence-corrected chi connectivity index (χ4v) is 2.31. The van der Waals surface area contributed by atoms with E-state index in [1.165, 1.54) is 11.3 Å². The highest BCUT2D eigenvalue weighted by atomic mass is 32.1. The molecular weight excluding hydrogens is 274 g/mol. The van der Waals surface area contributed by atoms with Crippen molar-refractivity contribution in [1.82, 2.24) is 19.7 Å². The average Bonchev–Trinajstić information content (AvgIpc) is 3.10. The first kappa shape index (κ1) is 12.5. The Morgan fingerprint density at radius 2 is 1.90 bits per heavy atom. The van der Waals surface area contributed by atoms with Crippen LogP contribution < -0.4 is 5.32 Å². The van der Waals surface area contributed by atoms with Gasteiger partial charge in [-0.1, -0.05) is 0 Å². The van der Waals surface area contributed by atoms with Crippen molar-refractivity contribution in [2.45, 2.75) is 6.92 Å². The van der Waals surface area contributed by atoms with Crippen LogP contribution in [0, 0.1) is 6.92 Å². The van der Waals surface area contributed by atoms with Gasteiger partial charge in [0.25, 0.3) is 5.91 Å². The summed E-state index contributed by atoms with van der Waals surface area (Å²) >= 11 is 1.45. The normalized spacial score (nSPS) is 10.4. The van der Waals surface area contributed by atoms with Crippen molar-refractivity contribution < 1.29 is 4.79 Å². The highest BCUT2D eigenvalue weighted by Gasteiger charge is 2.09. The molecule has 0 saturated heterocycles. The summed E-state index contributed by atoms with van der Waals surface area (Å²) < 4.78 is 1.79. The molecule has 0 radical (unpaired) electrons. The second kappa shape index (κ2) is 5.22. The molecule has 100 valence electrons. The first-order valence-electron chi connectivity index (χ1n) is 5.91. The van der Waals surface area contributed by atoms with Crippen molar-refractivity contribution in [1.29, 1.82) is 0 Å². The van der Waals surface area contributed by atoms with E-state index in [9.17, 15) is 4.79 Å². The van der Waals surface area contributed by atoms with Crippen LogP contribution in [0.1, 0.15) is 15.5 Å². The third-order valence-electron chi connectivity index (χ3n) is 2.69. The van der Waals surface area contributed by atoms with Crippen molar-refractivity contribution in [3.05, 3.63) is 53.0 Å². The van der Waals surface area contributed by atoms with Gasteiger partial charge >= 0.3 is 0 Å². The molecule has 7 heteroatoms. The van der Waals surface area contributed by atoms with Crippen molar-refractivity contribution in [3.63, 3.8) is 0 Å². The van der Waals surface area contributed by atoms with Gasteiger partial charge in [-0.2, -0.15) is 0 Å². The minimum Gasteiger partial charge on any atom is -0.321 e. The van der Waals surface area contributed by atoms with E-state index in [1.54, 1.807) is 22.6 Å². The molecule has 2 aromatic heterocycles. The molecular formula is C13H11N5OS. The molecule has 0 aliphatic heterocycles. The first-order chi connectivity index (χ1) is 9.72. The summed E-state index contributed by atoms with van der Waals surface area (Å²) in [7, 11) is 0. The Morgan fingerprint density at radius 1 is 1.20 bits per heavy atom. The van der Waals surface area contributed by atoms with E-state index >= 15 is 0 Å². The summed E-state index contributed by atoms with van der Waals surface area (Å²) in [4.78, 5) is 16.1. The monoisotopic (exact) mass is 285 g/mol. The minimum atomic E-state index is -0.202. The number of aryl methyl sites for hydroxylation is 1. The van der Waals surface area contributed by atoms with Gasteiger partial charge in [0.15, 0.2) is 0 Å². The van der Waals surface area contributed by atoms with Gasteiger partial charge in [0.2, 0.25) is 0 Å². The van der Waals surface area contributed by atoms with Crippen molar-refractivity contribution in [3.8, 4) is 5.69 Å². The summed E-state index contributed by atoms with van der Waals surface area (Å²) in [5.41, 5.74) is 2.09. The second-order valence-electron chi connectivity index (χ2n) is 4.12. The maximum atomic E-state index is 11.9. The summed E-state index contributed by atoms with van der Waals surface area (Å²) in [6.45, 7) is 1.87. The molecule has 2 heterocycles. The molecule has 0 bridgehead atoms. The first-order valence-corrected chi connectivity index (χ1v) is 6.79. The molecule has 0 aliphatic carbocycles.